The summed E-state index contributed by atoms with van der Waals surface area (Å²) in [5.41, 5.74) is 3.43. The van der Waals surface area contributed by atoms with Crippen molar-refractivity contribution < 1.29 is 14.3 Å². The summed E-state index contributed by atoms with van der Waals surface area (Å²) in [6.07, 6.45) is 1.94. The Morgan fingerprint density at radius 2 is 1.68 bits per heavy atom. The second-order valence-corrected chi connectivity index (χ2v) is 6.79. The summed E-state index contributed by atoms with van der Waals surface area (Å²) in [4.78, 5) is 35.2. The second kappa shape index (κ2) is 7.68. The minimum atomic E-state index is -0.691. The Hall–Kier alpha value is -3.41. The molecule has 3 aromatic rings. The van der Waals surface area contributed by atoms with E-state index in [1.54, 1.807) is 11.2 Å². The van der Waals surface area contributed by atoms with E-state index in [2.05, 4.69) is 9.97 Å². The van der Waals surface area contributed by atoms with Gasteiger partial charge in [-0.15, -0.1) is 0 Å². The fourth-order valence-corrected chi connectivity index (χ4v) is 3.75. The van der Waals surface area contributed by atoms with Crippen molar-refractivity contribution in [1.82, 2.24) is 14.9 Å². The number of benzene rings is 2. The van der Waals surface area contributed by atoms with E-state index < -0.39 is 17.9 Å². The monoisotopic (exact) mass is 375 g/mol. The topological polar surface area (TPSA) is 75.3 Å². The number of aromatic amines is 1. The van der Waals surface area contributed by atoms with Gasteiger partial charge in [0.2, 0.25) is 5.91 Å². The van der Waals surface area contributed by atoms with E-state index in [4.69, 9.17) is 4.74 Å². The van der Waals surface area contributed by atoms with Crippen molar-refractivity contribution in [1.29, 1.82) is 0 Å². The molecule has 1 amide bonds. The van der Waals surface area contributed by atoms with Gasteiger partial charge in [0.05, 0.1) is 37.3 Å². The van der Waals surface area contributed by atoms with Crippen LogP contribution in [0, 0.1) is 0 Å². The Bertz CT molecular complexity index is 929. The van der Waals surface area contributed by atoms with Crippen molar-refractivity contribution in [2.75, 3.05) is 7.11 Å². The number of nitrogens with zero attached hydrogens (tertiary/aromatic N) is 2. The van der Waals surface area contributed by atoms with Gasteiger partial charge >= 0.3 is 5.97 Å². The number of carbonyl (C=O) groups excluding carboxylic acids is 2. The highest BCUT2D eigenvalue weighted by Gasteiger charge is 2.39. The molecule has 1 aliphatic heterocycles. The third-order valence-electron chi connectivity index (χ3n) is 5.17. The first kappa shape index (κ1) is 18.0. The molecule has 6 nitrogen and oxygen atoms in total. The smallest absolute Gasteiger partial charge is 0.329 e. The molecule has 0 saturated carbocycles. The maximum Gasteiger partial charge on any atom is 0.329 e. The molecule has 0 radical (unpaired) electrons. The molecule has 0 fully saturated rings. The van der Waals surface area contributed by atoms with Gasteiger partial charge in [-0.1, -0.05) is 60.7 Å². The molecule has 1 atom stereocenters. The molecule has 1 aromatic heterocycles. The number of amides is 1. The lowest BCUT2D eigenvalue weighted by atomic mass is 9.88. The number of methoxy groups -OCH3 is 1. The van der Waals surface area contributed by atoms with Crippen molar-refractivity contribution >= 4 is 11.9 Å². The highest BCUT2D eigenvalue weighted by molar-refractivity contribution is 5.91. The molecule has 2 heterocycles. The molecule has 0 saturated heterocycles. The van der Waals surface area contributed by atoms with Crippen molar-refractivity contribution in [2.45, 2.75) is 24.9 Å². The molecule has 0 aliphatic carbocycles. The second-order valence-electron chi connectivity index (χ2n) is 6.79. The first-order valence-electron chi connectivity index (χ1n) is 9.18. The average molecular weight is 375 g/mol. The van der Waals surface area contributed by atoms with Crippen LogP contribution >= 0.6 is 0 Å². The molecule has 1 aliphatic rings. The van der Waals surface area contributed by atoms with Crippen LogP contribution in [0.5, 0.6) is 0 Å². The van der Waals surface area contributed by atoms with Crippen LogP contribution in [0.1, 0.15) is 28.4 Å². The third kappa shape index (κ3) is 3.29. The summed E-state index contributed by atoms with van der Waals surface area (Å²) >= 11 is 0. The van der Waals surface area contributed by atoms with Gasteiger partial charge in [0.25, 0.3) is 0 Å². The zero-order valence-corrected chi connectivity index (χ0v) is 15.5. The largest absolute Gasteiger partial charge is 0.467 e. The van der Waals surface area contributed by atoms with Gasteiger partial charge in [0, 0.05) is 6.42 Å². The number of hydrogen-bond acceptors (Lipinski definition) is 4. The van der Waals surface area contributed by atoms with Crippen molar-refractivity contribution in [3.05, 3.63) is 89.5 Å². The summed E-state index contributed by atoms with van der Waals surface area (Å²) in [7, 11) is 1.34. The molecule has 6 heteroatoms. The molecule has 0 spiro atoms. The molecule has 1 unspecified atom stereocenters. The van der Waals surface area contributed by atoms with Gasteiger partial charge in [0.1, 0.15) is 6.04 Å². The van der Waals surface area contributed by atoms with Crippen molar-refractivity contribution in [3.63, 3.8) is 0 Å². The number of nitrogens with one attached hydrogen (secondary N) is 1. The predicted molar refractivity (Wildman–Crippen MR) is 103 cm³/mol. The number of aromatic nitrogens is 2. The molecular weight excluding hydrogens is 354 g/mol. The normalized spacial score (nSPS) is 15.9. The quantitative estimate of drug-likeness (QED) is 0.712. The maximum atomic E-state index is 13.7. The number of rotatable bonds is 4. The van der Waals surface area contributed by atoms with Gasteiger partial charge in [-0.25, -0.2) is 9.78 Å². The van der Waals surface area contributed by atoms with Crippen LogP contribution in [0.2, 0.25) is 0 Å². The number of H-pyrrole nitrogens is 1. The Balaban J connectivity index is 1.76. The molecule has 1 N–H and O–H groups in total. The van der Waals surface area contributed by atoms with Crippen LogP contribution < -0.4 is 0 Å². The molecule has 28 heavy (non-hydrogen) atoms. The lowest BCUT2D eigenvalue weighted by Crippen LogP contribution is -2.50. The summed E-state index contributed by atoms with van der Waals surface area (Å²) in [5, 5.41) is 0. The fraction of sp³-hybridized carbons (Fsp3) is 0.227. The van der Waals surface area contributed by atoms with Gasteiger partial charge in [0.15, 0.2) is 0 Å². The van der Waals surface area contributed by atoms with E-state index in [1.165, 1.54) is 7.11 Å². The van der Waals surface area contributed by atoms with Gasteiger partial charge in [-0.05, 0) is 11.1 Å². The third-order valence-corrected chi connectivity index (χ3v) is 5.17. The summed E-state index contributed by atoms with van der Waals surface area (Å²) in [5.74, 6) is -1.06. The highest BCUT2D eigenvalue weighted by atomic mass is 16.5. The van der Waals surface area contributed by atoms with Crippen LogP contribution in [0.15, 0.2) is 67.0 Å². The van der Waals surface area contributed by atoms with Crippen LogP contribution in [0.4, 0.5) is 0 Å². The summed E-state index contributed by atoms with van der Waals surface area (Å²) < 4.78 is 4.98. The number of fused-ring (bicyclic) bond motifs is 1. The number of carbonyl (C=O) groups is 2. The average Bonchev–Trinajstić information content (AvgIpc) is 3.21. The minimum absolute atomic E-state index is 0.131. The first-order chi connectivity index (χ1) is 13.7. The van der Waals surface area contributed by atoms with Crippen LogP contribution in [-0.2, 0) is 27.3 Å². The Morgan fingerprint density at radius 3 is 2.25 bits per heavy atom. The highest BCUT2D eigenvalue weighted by Crippen LogP contribution is 2.31. The van der Waals surface area contributed by atoms with E-state index in [0.29, 0.717) is 13.0 Å². The predicted octanol–water partition coefficient (Wildman–Crippen LogP) is 2.67. The van der Waals surface area contributed by atoms with E-state index in [9.17, 15) is 9.59 Å². The number of ether oxygens (including phenoxy) is 1. The van der Waals surface area contributed by atoms with E-state index in [-0.39, 0.29) is 5.91 Å². The van der Waals surface area contributed by atoms with Crippen molar-refractivity contribution in [3.8, 4) is 0 Å². The van der Waals surface area contributed by atoms with Gasteiger partial charge in [-0.3, -0.25) is 4.79 Å². The molecule has 0 bridgehead atoms. The maximum absolute atomic E-state index is 13.7. The standard InChI is InChI=1S/C22H21N3O3/c1-28-22(27)19-12-17-18(24-14-23-17)13-25(19)21(26)20(15-8-4-2-5-9-15)16-10-6-3-7-11-16/h2-11,14,19-20H,12-13H2,1H3,(H,23,24). The molecule has 4 rings (SSSR count). The number of imidazole rings is 1. The molecule has 142 valence electrons. The Morgan fingerprint density at radius 1 is 1.07 bits per heavy atom. The van der Waals surface area contributed by atoms with Crippen molar-refractivity contribution in [2.24, 2.45) is 0 Å². The van der Waals surface area contributed by atoms with E-state index in [1.807, 2.05) is 60.7 Å². The Kier molecular flexibility index (Phi) is 4.93. The van der Waals surface area contributed by atoms with Crippen LogP contribution in [-0.4, -0.2) is 39.9 Å². The number of esters is 1. The Labute approximate surface area is 163 Å². The van der Waals surface area contributed by atoms with E-state index >= 15 is 0 Å². The zero-order valence-electron chi connectivity index (χ0n) is 15.5. The fourth-order valence-electron chi connectivity index (χ4n) is 3.75. The molecular formula is C22H21N3O3. The SMILES string of the molecule is COC(=O)C1Cc2nc[nH]c2CN1C(=O)C(c1ccccc1)c1ccccc1. The minimum Gasteiger partial charge on any atom is -0.467 e. The van der Waals surface area contributed by atoms with Crippen LogP contribution in [0.3, 0.4) is 0 Å². The van der Waals surface area contributed by atoms with Gasteiger partial charge in [-0.2, -0.15) is 0 Å². The van der Waals surface area contributed by atoms with Crippen LogP contribution in [0.25, 0.3) is 0 Å². The van der Waals surface area contributed by atoms with Gasteiger partial charge < -0.3 is 14.6 Å². The summed E-state index contributed by atoms with van der Waals surface area (Å²) in [6, 6.07) is 18.6. The zero-order chi connectivity index (χ0) is 19.5. The first-order valence-corrected chi connectivity index (χ1v) is 9.18. The lowest BCUT2D eigenvalue weighted by Gasteiger charge is -2.35. The lowest BCUT2D eigenvalue weighted by molar-refractivity contribution is -0.154. The molecule has 2 aromatic carbocycles. The van der Waals surface area contributed by atoms with E-state index in [0.717, 1.165) is 22.5 Å². The number of hydrogen-bond donors (Lipinski definition) is 1. The summed E-state index contributed by atoms with van der Waals surface area (Å²) in [6.45, 7) is 0.296.